The van der Waals surface area contributed by atoms with Crippen LogP contribution in [0.1, 0.15) is 33.1 Å². The molecule has 2 unspecified atom stereocenters. The standard InChI is InChI=1S/C8H18NOS.ClH.Sn/c1-7(9)5-3-4-6-11-8(2)10;;/h7-8H,3-6,9H2,1-2H3;1H;/q-1;;+1. The Hall–Kier alpha value is 1.36. The minimum Gasteiger partial charge on any atom is -0.147 e. The molecule has 0 fully saturated rings. The molecule has 3 radical (unpaired) electrons. The number of rotatable bonds is 7. The summed E-state index contributed by atoms with van der Waals surface area (Å²) in [5.41, 5.74) is 6.01. The monoisotopic (exact) mass is 332 g/mol. The minimum atomic E-state index is 0. The summed E-state index contributed by atoms with van der Waals surface area (Å²) >= 11 is 3.05. The van der Waals surface area contributed by atoms with Crippen LogP contribution >= 0.6 is 24.2 Å². The normalized spacial score (nSPS) is 14.8. The van der Waals surface area contributed by atoms with Crippen molar-refractivity contribution in [2.45, 2.75) is 44.6 Å². The molecule has 0 amide bonds. The number of nitrogens with two attached hydrogens (primary N) is 1. The van der Waals surface area contributed by atoms with Crippen LogP contribution in [0.25, 0.3) is 0 Å². The average molecular weight is 331 g/mol. The van der Waals surface area contributed by atoms with Crippen molar-refractivity contribution < 1.29 is 3.07 Å². The van der Waals surface area contributed by atoms with Crippen LogP contribution in [-0.2, 0) is 3.07 Å². The Morgan fingerprint density at radius 1 is 1.38 bits per heavy atom. The summed E-state index contributed by atoms with van der Waals surface area (Å²) in [4.78, 5) is 0. The Morgan fingerprint density at radius 2 is 2.00 bits per heavy atom. The Bertz CT molecular complexity index is 108. The van der Waals surface area contributed by atoms with E-state index < -0.39 is 0 Å². The minimum absolute atomic E-state index is 0. The third kappa shape index (κ3) is 13.4. The van der Waals surface area contributed by atoms with Gasteiger partial charge in [0.05, 0.1) is 0 Å². The van der Waals surface area contributed by atoms with Crippen molar-refractivity contribution >= 4 is 47.1 Å². The van der Waals surface area contributed by atoms with Crippen LogP contribution < -0.4 is 5.73 Å². The van der Waals surface area contributed by atoms with Gasteiger partial charge in [0.1, 0.15) is 0 Å². The van der Waals surface area contributed by atoms with Gasteiger partial charge in [-0.1, -0.05) is 0 Å². The summed E-state index contributed by atoms with van der Waals surface area (Å²) in [5.74, 6) is 1.20. The molecule has 0 heterocycles. The van der Waals surface area contributed by atoms with E-state index in [4.69, 9.17) is 8.81 Å². The van der Waals surface area contributed by atoms with E-state index in [-0.39, 0.29) is 12.4 Å². The van der Waals surface area contributed by atoms with E-state index in [0.29, 0.717) is 11.5 Å². The van der Waals surface area contributed by atoms with Crippen molar-refractivity contribution in [1.29, 1.82) is 0 Å². The molecule has 0 aliphatic rings. The predicted molar refractivity (Wildman–Crippen MR) is 63.5 cm³/mol. The van der Waals surface area contributed by atoms with Crippen molar-refractivity contribution in [3.05, 3.63) is 0 Å². The molecule has 0 aromatic heterocycles. The molecular weight excluding hydrogens is 312 g/mol. The molecule has 2 nitrogen and oxygen atoms in total. The second-order valence-corrected chi connectivity index (χ2v) is 5.11. The van der Waals surface area contributed by atoms with E-state index >= 15 is 0 Å². The Morgan fingerprint density at radius 3 is 2.46 bits per heavy atom. The van der Waals surface area contributed by atoms with Gasteiger partial charge in [-0.25, -0.2) is 0 Å². The van der Waals surface area contributed by atoms with Crippen LogP contribution in [0, 0.1) is 0 Å². The molecule has 0 saturated heterocycles. The van der Waals surface area contributed by atoms with Crippen LogP contribution in [0.2, 0.25) is 0 Å². The molecular formula is C8H19ClNOSSn. The van der Waals surface area contributed by atoms with Gasteiger partial charge in [-0.15, -0.1) is 12.4 Å². The molecule has 0 rings (SSSR count). The first-order valence-corrected chi connectivity index (χ1v) is 6.57. The van der Waals surface area contributed by atoms with Gasteiger partial charge in [0.2, 0.25) is 0 Å². The fourth-order valence-electron chi connectivity index (χ4n) is 0.852. The quantitative estimate of drug-likeness (QED) is 0.441. The molecule has 2 N–H and O–H groups in total. The molecule has 13 heavy (non-hydrogen) atoms. The summed E-state index contributed by atoms with van der Waals surface area (Å²) in [5, 5.41) is 0. The van der Waals surface area contributed by atoms with Crippen molar-refractivity contribution in [3.63, 3.8) is 0 Å². The summed E-state index contributed by atoms with van der Waals surface area (Å²) in [6, 6.07) is 0.361. The number of halogens is 1. The van der Waals surface area contributed by atoms with Gasteiger partial charge in [0, 0.05) is 0 Å². The average Bonchev–Trinajstić information content (AvgIpc) is 2.03. The maximum Gasteiger partial charge on any atom is -0.147 e. The molecule has 5 heteroatoms. The molecule has 0 aromatic carbocycles. The van der Waals surface area contributed by atoms with Gasteiger partial charge in [0.15, 0.2) is 0 Å². The first-order chi connectivity index (χ1) is 5.66. The second-order valence-electron chi connectivity index (χ2n) is 3.03. The largest absolute Gasteiger partial charge is 0.147 e. The topological polar surface area (TPSA) is 35.2 Å². The first-order valence-electron chi connectivity index (χ1n) is 4.36. The predicted octanol–water partition coefficient (Wildman–Crippen LogP) is 2.11. The molecule has 2 atom stereocenters. The van der Waals surface area contributed by atoms with E-state index in [0.717, 1.165) is 6.42 Å². The molecule has 0 aliphatic heterocycles. The SMILES string of the molecule is CC(N)CCCCSC(C)[O][Sn].Cl. The van der Waals surface area contributed by atoms with E-state index in [1.165, 1.54) is 41.5 Å². The first kappa shape index (κ1) is 16.8. The molecule has 0 spiro atoms. The van der Waals surface area contributed by atoms with E-state index in [1.54, 1.807) is 0 Å². The zero-order valence-corrected chi connectivity index (χ0v) is 12.8. The maximum absolute atomic E-state index is 5.63. The van der Waals surface area contributed by atoms with Crippen LogP contribution in [-0.4, -0.2) is 40.2 Å². The van der Waals surface area contributed by atoms with Crippen molar-refractivity contribution in [1.82, 2.24) is 0 Å². The Balaban J connectivity index is 0. The Kier molecular flexibility index (Phi) is 14.8. The van der Waals surface area contributed by atoms with Crippen LogP contribution in [0.15, 0.2) is 0 Å². The van der Waals surface area contributed by atoms with Gasteiger partial charge < -0.3 is 0 Å². The molecule has 0 aliphatic carbocycles. The summed E-state index contributed by atoms with van der Waals surface area (Å²) in [7, 11) is 0. The summed E-state index contributed by atoms with van der Waals surface area (Å²) in [6.45, 7) is 4.17. The van der Waals surface area contributed by atoms with Gasteiger partial charge in [0.25, 0.3) is 0 Å². The van der Waals surface area contributed by atoms with Crippen LogP contribution in [0.5, 0.6) is 0 Å². The van der Waals surface area contributed by atoms with Gasteiger partial charge in [-0.3, -0.25) is 0 Å². The van der Waals surface area contributed by atoms with Crippen molar-refractivity contribution in [2.75, 3.05) is 5.75 Å². The molecule has 79 valence electrons. The third-order valence-electron chi connectivity index (χ3n) is 1.57. The van der Waals surface area contributed by atoms with Crippen LogP contribution in [0.4, 0.5) is 0 Å². The van der Waals surface area contributed by atoms with E-state index in [2.05, 4.69) is 13.8 Å². The molecule has 0 bridgehead atoms. The van der Waals surface area contributed by atoms with Gasteiger partial charge in [-0.05, 0) is 0 Å². The number of hydrogen-bond donors (Lipinski definition) is 1. The fraction of sp³-hybridized carbons (Fsp3) is 1.00. The van der Waals surface area contributed by atoms with Crippen LogP contribution in [0.3, 0.4) is 0 Å². The van der Waals surface area contributed by atoms with Gasteiger partial charge in [-0.2, -0.15) is 0 Å². The summed E-state index contributed by atoms with van der Waals surface area (Å²) in [6.07, 6.45) is 3.65. The smallest absolute Gasteiger partial charge is 0.147 e. The molecule has 0 saturated carbocycles. The second kappa shape index (κ2) is 11.4. The van der Waals surface area contributed by atoms with Crippen molar-refractivity contribution in [2.24, 2.45) is 5.73 Å². The number of thioether (sulfide) groups is 1. The number of hydrogen-bond acceptors (Lipinski definition) is 3. The fourth-order valence-corrected chi connectivity index (χ4v) is 2.21. The zero-order chi connectivity index (χ0) is 9.40. The molecule has 0 aromatic rings. The number of unbranched alkanes of at least 4 members (excludes halogenated alkanes) is 1. The van der Waals surface area contributed by atoms with Crippen molar-refractivity contribution in [3.8, 4) is 0 Å². The zero-order valence-electron chi connectivity index (χ0n) is 8.29. The van der Waals surface area contributed by atoms with Gasteiger partial charge >= 0.3 is 93.8 Å². The maximum atomic E-state index is 5.63. The third-order valence-corrected chi connectivity index (χ3v) is 4.16. The van der Waals surface area contributed by atoms with E-state index in [1.807, 2.05) is 11.8 Å². The summed E-state index contributed by atoms with van der Waals surface area (Å²) < 4.78 is 5.21. The Labute approximate surface area is 106 Å². The van der Waals surface area contributed by atoms with E-state index in [9.17, 15) is 0 Å².